The number of rotatable bonds is 9. The number of fused-ring (bicyclic) bond motifs is 2. The SMILES string of the molecule is COc1ccccc1-c1noc(CCC(=O)N[C@H]2CCCCNC(=O)C([C@@H](C)O)NC(=O)c3coc(n3)[C@H](Cc3ccccc3)NC2=O)n1. The third-order valence-electron chi connectivity index (χ3n) is 7.96. The number of aliphatic hydroxyl groups excluding tert-OH is 1. The predicted molar refractivity (Wildman–Crippen MR) is 174 cm³/mol. The summed E-state index contributed by atoms with van der Waals surface area (Å²) in [7, 11) is 1.54. The highest BCUT2D eigenvalue weighted by atomic mass is 16.5. The van der Waals surface area contributed by atoms with Crippen LogP contribution in [0.2, 0.25) is 0 Å². The Morgan fingerprint density at radius 2 is 1.82 bits per heavy atom. The first-order valence-corrected chi connectivity index (χ1v) is 16.0. The lowest BCUT2D eigenvalue weighted by molar-refractivity contribution is -0.129. The maximum atomic E-state index is 13.8. The summed E-state index contributed by atoms with van der Waals surface area (Å²) in [4.78, 5) is 61.4. The summed E-state index contributed by atoms with van der Waals surface area (Å²) < 4.78 is 16.4. The van der Waals surface area contributed by atoms with Crippen molar-refractivity contribution in [1.82, 2.24) is 36.4 Å². The number of carbonyl (C=O) groups is 4. The summed E-state index contributed by atoms with van der Waals surface area (Å²) in [5.74, 6) is -0.970. The van der Waals surface area contributed by atoms with Gasteiger partial charge in [-0.3, -0.25) is 19.2 Å². The molecule has 1 aliphatic rings. The molecule has 15 nitrogen and oxygen atoms in total. The van der Waals surface area contributed by atoms with E-state index < -0.39 is 47.9 Å². The van der Waals surface area contributed by atoms with Crippen molar-refractivity contribution < 1.29 is 38.0 Å². The molecular formula is C34H39N7O8. The molecule has 0 fully saturated rings. The Morgan fingerprint density at radius 3 is 2.59 bits per heavy atom. The monoisotopic (exact) mass is 673 g/mol. The van der Waals surface area contributed by atoms with E-state index >= 15 is 0 Å². The van der Waals surface area contributed by atoms with Crippen molar-refractivity contribution in [2.45, 2.75) is 69.7 Å². The Hall–Kier alpha value is -5.57. The zero-order valence-electron chi connectivity index (χ0n) is 27.2. The van der Waals surface area contributed by atoms with E-state index in [-0.39, 0.29) is 49.7 Å². The molecule has 2 aromatic carbocycles. The van der Waals surface area contributed by atoms with Crippen LogP contribution >= 0.6 is 0 Å². The minimum Gasteiger partial charge on any atom is -0.496 e. The average Bonchev–Trinajstić information content (AvgIpc) is 3.79. The summed E-state index contributed by atoms with van der Waals surface area (Å²) in [5.41, 5.74) is 1.38. The average molecular weight is 674 g/mol. The number of hydrogen-bond acceptors (Lipinski definition) is 11. The van der Waals surface area contributed by atoms with Crippen molar-refractivity contribution in [3.8, 4) is 17.1 Å². The van der Waals surface area contributed by atoms with Gasteiger partial charge in [-0.2, -0.15) is 4.98 Å². The highest BCUT2D eigenvalue weighted by molar-refractivity contribution is 5.96. The molecule has 49 heavy (non-hydrogen) atoms. The molecule has 1 unspecified atom stereocenters. The number of nitrogens with zero attached hydrogens (tertiary/aromatic N) is 3. The standard InChI is InChI=1S/C34H39N7O8/c1-20(42)29-33(46)35-17-9-8-13-23(36-27(43)15-16-28-39-30(41-49-28)22-12-6-7-14-26(22)47-2)31(44)37-24(18-21-10-4-3-5-11-21)34-38-25(19-48-34)32(45)40-29/h3-7,10-12,14,19-20,23-24,29,42H,8-9,13,15-18H2,1-2H3,(H,35,46)(H,36,43)(H,37,44)(H,40,45)/t20-,23+,24+,29?/m1/s1. The Bertz CT molecular complexity index is 1740. The van der Waals surface area contributed by atoms with Gasteiger partial charge in [0.25, 0.3) is 5.91 Å². The van der Waals surface area contributed by atoms with Crippen LogP contribution in [0.5, 0.6) is 5.75 Å². The van der Waals surface area contributed by atoms with Gasteiger partial charge >= 0.3 is 0 Å². The number of para-hydroxylation sites is 1. The molecule has 3 heterocycles. The summed E-state index contributed by atoms with van der Waals surface area (Å²) in [6, 6.07) is 13.6. The molecule has 5 N–H and O–H groups in total. The topological polar surface area (TPSA) is 211 Å². The van der Waals surface area contributed by atoms with Gasteiger partial charge in [0.05, 0.1) is 18.8 Å². The van der Waals surface area contributed by atoms with Crippen molar-refractivity contribution in [1.29, 1.82) is 0 Å². The van der Waals surface area contributed by atoms with Gasteiger partial charge in [-0.15, -0.1) is 0 Å². The molecule has 0 spiro atoms. The fourth-order valence-corrected chi connectivity index (χ4v) is 5.34. The van der Waals surface area contributed by atoms with Gasteiger partial charge in [0.1, 0.15) is 30.1 Å². The zero-order valence-corrected chi connectivity index (χ0v) is 27.2. The number of oxazole rings is 1. The van der Waals surface area contributed by atoms with Crippen LogP contribution in [-0.2, 0) is 27.2 Å². The molecule has 0 radical (unpaired) electrons. The molecular weight excluding hydrogens is 634 g/mol. The molecule has 4 amide bonds. The number of carbonyl (C=O) groups excluding carboxylic acids is 4. The van der Waals surface area contributed by atoms with Crippen molar-refractivity contribution in [2.75, 3.05) is 13.7 Å². The second-order valence-corrected chi connectivity index (χ2v) is 11.6. The van der Waals surface area contributed by atoms with E-state index in [1.54, 1.807) is 19.2 Å². The molecule has 1 aliphatic heterocycles. The zero-order chi connectivity index (χ0) is 34.8. The van der Waals surface area contributed by atoms with Crippen LogP contribution in [0.4, 0.5) is 0 Å². The van der Waals surface area contributed by atoms with Crippen LogP contribution in [0.1, 0.15) is 66.5 Å². The van der Waals surface area contributed by atoms with Gasteiger partial charge in [-0.05, 0) is 43.9 Å². The van der Waals surface area contributed by atoms with Crippen molar-refractivity contribution in [3.63, 3.8) is 0 Å². The lowest BCUT2D eigenvalue weighted by atomic mass is 10.0. The molecule has 0 saturated heterocycles. The molecule has 4 aromatic rings. The number of methoxy groups -OCH3 is 1. The van der Waals surface area contributed by atoms with Gasteiger partial charge in [0.2, 0.25) is 35.3 Å². The fourth-order valence-electron chi connectivity index (χ4n) is 5.34. The summed E-state index contributed by atoms with van der Waals surface area (Å²) in [6.07, 6.45) is 1.52. The second kappa shape index (κ2) is 16.5. The largest absolute Gasteiger partial charge is 0.496 e. The number of nitrogens with one attached hydrogen (secondary N) is 4. The van der Waals surface area contributed by atoms with E-state index in [0.717, 1.165) is 11.8 Å². The lowest BCUT2D eigenvalue weighted by Gasteiger charge is -2.23. The number of hydrogen-bond donors (Lipinski definition) is 5. The van der Waals surface area contributed by atoms with Gasteiger partial charge in [-0.1, -0.05) is 47.6 Å². The van der Waals surface area contributed by atoms with E-state index in [9.17, 15) is 24.3 Å². The lowest BCUT2D eigenvalue weighted by Crippen LogP contribution is -2.52. The van der Waals surface area contributed by atoms with Gasteiger partial charge in [0.15, 0.2) is 5.69 Å². The van der Waals surface area contributed by atoms with Crippen LogP contribution < -0.4 is 26.0 Å². The molecule has 0 aliphatic carbocycles. The molecule has 5 rings (SSSR count). The number of aryl methyl sites for hydroxylation is 1. The Morgan fingerprint density at radius 1 is 1.04 bits per heavy atom. The van der Waals surface area contributed by atoms with Crippen molar-refractivity contribution in [3.05, 3.63) is 83.9 Å². The summed E-state index contributed by atoms with van der Waals surface area (Å²) >= 11 is 0. The van der Waals surface area contributed by atoms with Crippen molar-refractivity contribution >= 4 is 23.6 Å². The number of amides is 4. The Balaban J connectivity index is 1.32. The van der Waals surface area contributed by atoms with Crippen LogP contribution in [0, 0.1) is 0 Å². The predicted octanol–water partition coefficient (Wildman–Crippen LogP) is 2.03. The van der Waals surface area contributed by atoms with Gasteiger partial charge in [-0.25, -0.2) is 4.98 Å². The summed E-state index contributed by atoms with van der Waals surface area (Å²) in [6.45, 7) is 1.62. The quantitative estimate of drug-likeness (QED) is 0.174. The van der Waals surface area contributed by atoms with E-state index in [0.29, 0.717) is 30.0 Å². The normalized spacial score (nSPS) is 19.7. The number of ether oxygens (including phenoxy) is 1. The van der Waals surface area contributed by atoms with E-state index in [2.05, 4.69) is 36.4 Å². The minimum atomic E-state index is -1.22. The smallest absolute Gasteiger partial charge is 0.273 e. The van der Waals surface area contributed by atoms with Crippen molar-refractivity contribution in [2.24, 2.45) is 0 Å². The molecule has 2 aromatic heterocycles. The first-order chi connectivity index (χ1) is 23.7. The first-order valence-electron chi connectivity index (χ1n) is 16.0. The Kier molecular flexibility index (Phi) is 11.7. The highest BCUT2D eigenvalue weighted by Gasteiger charge is 2.30. The van der Waals surface area contributed by atoms with Gasteiger partial charge < -0.3 is 40.1 Å². The second-order valence-electron chi connectivity index (χ2n) is 11.6. The molecule has 4 atom stereocenters. The number of benzene rings is 2. The third kappa shape index (κ3) is 9.28. The van der Waals surface area contributed by atoms with Crippen LogP contribution in [0.15, 0.2) is 69.8 Å². The van der Waals surface area contributed by atoms with E-state index in [4.69, 9.17) is 13.7 Å². The van der Waals surface area contributed by atoms with Crippen LogP contribution in [0.3, 0.4) is 0 Å². The van der Waals surface area contributed by atoms with E-state index in [1.807, 2.05) is 42.5 Å². The number of aliphatic hydroxyl groups is 1. The minimum absolute atomic E-state index is 0.0280. The Labute approximate surface area is 282 Å². The molecule has 2 bridgehead atoms. The van der Waals surface area contributed by atoms with Crippen LogP contribution in [0.25, 0.3) is 11.4 Å². The fraction of sp³-hybridized carbons (Fsp3) is 0.382. The summed E-state index contributed by atoms with van der Waals surface area (Å²) in [5, 5.41) is 25.2. The maximum absolute atomic E-state index is 13.8. The molecule has 15 heteroatoms. The van der Waals surface area contributed by atoms with E-state index in [1.165, 1.54) is 6.92 Å². The number of aromatic nitrogens is 3. The maximum Gasteiger partial charge on any atom is 0.273 e. The molecule has 258 valence electrons. The van der Waals surface area contributed by atoms with Crippen LogP contribution in [-0.4, -0.2) is 75.7 Å². The van der Waals surface area contributed by atoms with Gasteiger partial charge in [0, 0.05) is 25.8 Å². The first kappa shape index (κ1) is 34.8. The third-order valence-corrected chi connectivity index (χ3v) is 7.96. The highest BCUT2D eigenvalue weighted by Crippen LogP contribution is 2.27. The molecule has 0 saturated carbocycles.